The summed E-state index contributed by atoms with van der Waals surface area (Å²) in [5.74, 6) is 0. The van der Waals surface area contributed by atoms with E-state index in [1.165, 1.54) is 5.56 Å². The number of nitrogens with zero attached hydrogens (tertiary/aromatic N) is 1. The van der Waals surface area contributed by atoms with Crippen LogP contribution in [0.1, 0.15) is 12.5 Å². The van der Waals surface area contributed by atoms with Crippen molar-refractivity contribution in [2.45, 2.75) is 13.3 Å². The number of rotatable bonds is 1. The molecule has 2 N–H and O–H groups in total. The second kappa shape index (κ2) is 3.05. The van der Waals surface area contributed by atoms with Gasteiger partial charge in [-0.1, -0.05) is 13.0 Å². The highest BCUT2D eigenvalue weighted by molar-refractivity contribution is 5.85. The number of fused-ring (bicyclic) bond motifs is 1. The Hall–Kier alpha value is -1.57. The Morgan fingerprint density at radius 2 is 2.23 bits per heavy atom. The predicted molar refractivity (Wildman–Crippen MR) is 55.5 cm³/mol. The number of pyridine rings is 1. The van der Waals surface area contributed by atoms with E-state index in [0.717, 1.165) is 23.0 Å². The van der Waals surface area contributed by atoms with Gasteiger partial charge in [-0.3, -0.25) is 4.98 Å². The Bertz CT molecular complexity index is 435. The Balaban J connectivity index is 2.81. The number of aromatic nitrogens is 1. The zero-order chi connectivity index (χ0) is 9.26. The summed E-state index contributed by atoms with van der Waals surface area (Å²) in [6, 6.07) is 7.93. The third-order valence-corrected chi connectivity index (χ3v) is 2.19. The van der Waals surface area contributed by atoms with E-state index in [1.807, 2.05) is 30.5 Å². The molecule has 0 aliphatic heterocycles. The van der Waals surface area contributed by atoms with Crippen molar-refractivity contribution in [2.24, 2.45) is 0 Å². The fourth-order valence-electron chi connectivity index (χ4n) is 1.56. The molecule has 13 heavy (non-hydrogen) atoms. The van der Waals surface area contributed by atoms with Gasteiger partial charge in [-0.25, -0.2) is 0 Å². The van der Waals surface area contributed by atoms with Crippen LogP contribution in [0.15, 0.2) is 30.5 Å². The van der Waals surface area contributed by atoms with Crippen molar-refractivity contribution in [3.05, 3.63) is 36.0 Å². The van der Waals surface area contributed by atoms with E-state index in [-0.39, 0.29) is 0 Å². The minimum atomic E-state index is 0.817. The van der Waals surface area contributed by atoms with Gasteiger partial charge in [-0.2, -0.15) is 0 Å². The Morgan fingerprint density at radius 3 is 3.00 bits per heavy atom. The van der Waals surface area contributed by atoms with E-state index in [4.69, 9.17) is 5.73 Å². The van der Waals surface area contributed by atoms with Crippen molar-refractivity contribution in [2.75, 3.05) is 5.73 Å². The number of aryl methyl sites for hydroxylation is 1. The predicted octanol–water partition coefficient (Wildman–Crippen LogP) is 2.38. The molecule has 2 rings (SSSR count). The van der Waals surface area contributed by atoms with Crippen LogP contribution in [0.2, 0.25) is 0 Å². The molecule has 0 atom stereocenters. The van der Waals surface area contributed by atoms with E-state index in [2.05, 4.69) is 11.9 Å². The number of hydrogen-bond donors (Lipinski definition) is 1. The van der Waals surface area contributed by atoms with Crippen LogP contribution in [0.5, 0.6) is 0 Å². The first-order chi connectivity index (χ1) is 6.31. The zero-order valence-corrected chi connectivity index (χ0v) is 7.62. The molecule has 1 aromatic heterocycles. The van der Waals surface area contributed by atoms with Crippen molar-refractivity contribution >= 4 is 16.6 Å². The molecule has 0 aliphatic carbocycles. The van der Waals surface area contributed by atoms with Crippen LogP contribution < -0.4 is 5.73 Å². The molecule has 2 aromatic rings. The van der Waals surface area contributed by atoms with Gasteiger partial charge in [0, 0.05) is 17.3 Å². The molecule has 0 fully saturated rings. The van der Waals surface area contributed by atoms with Crippen molar-refractivity contribution in [1.82, 2.24) is 4.98 Å². The molecular weight excluding hydrogens is 160 g/mol. The molecule has 0 spiro atoms. The van der Waals surface area contributed by atoms with Gasteiger partial charge in [0.15, 0.2) is 0 Å². The third-order valence-electron chi connectivity index (χ3n) is 2.19. The monoisotopic (exact) mass is 172 g/mol. The number of nitrogen functional groups attached to an aromatic ring is 1. The van der Waals surface area contributed by atoms with Crippen LogP contribution in [-0.2, 0) is 6.42 Å². The summed E-state index contributed by atoms with van der Waals surface area (Å²) < 4.78 is 0. The second-order valence-electron chi connectivity index (χ2n) is 3.11. The van der Waals surface area contributed by atoms with E-state index in [1.54, 1.807) is 0 Å². The van der Waals surface area contributed by atoms with Crippen LogP contribution in [0.25, 0.3) is 10.9 Å². The fourth-order valence-corrected chi connectivity index (χ4v) is 1.56. The molecule has 0 radical (unpaired) electrons. The molecule has 2 heteroatoms. The lowest BCUT2D eigenvalue weighted by Crippen LogP contribution is -1.91. The largest absolute Gasteiger partial charge is 0.399 e. The first kappa shape index (κ1) is 8.05. The summed E-state index contributed by atoms with van der Waals surface area (Å²) >= 11 is 0. The fraction of sp³-hybridized carbons (Fsp3) is 0.182. The van der Waals surface area contributed by atoms with Gasteiger partial charge in [0.25, 0.3) is 0 Å². The molecule has 66 valence electrons. The second-order valence-corrected chi connectivity index (χ2v) is 3.11. The van der Waals surface area contributed by atoms with Crippen LogP contribution in [0, 0.1) is 0 Å². The number of hydrogen-bond acceptors (Lipinski definition) is 2. The Morgan fingerprint density at radius 1 is 1.38 bits per heavy atom. The van der Waals surface area contributed by atoms with E-state index >= 15 is 0 Å². The molecule has 0 unspecified atom stereocenters. The van der Waals surface area contributed by atoms with E-state index in [0.29, 0.717) is 0 Å². The van der Waals surface area contributed by atoms with Gasteiger partial charge in [0.2, 0.25) is 0 Å². The first-order valence-corrected chi connectivity index (χ1v) is 4.44. The van der Waals surface area contributed by atoms with Crippen molar-refractivity contribution in [3.8, 4) is 0 Å². The smallest absolute Gasteiger partial charge is 0.0735 e. The first-order valence-electron chi connectivity index (χ1n) is 4.44. The van der Waals surface area contributed by atoms with Gasteiger partial charge in [0.1, 0.15) is 0 Å². The molecule has 1 heterocycles. The van der Waals surface area contributed by atoms with Crippen LogP contribution in [0.3, 0.4) is 0 Å². The van der Waals surface area contributed by atoms with Crippen molar-refractivity contribution in [1.29, 1.82) is 0 Å². The molecule has 0 amide bonds. The SMILES string of the molecule is CCc1cc(N)cc2cccnc12. The highest BCUT2D eigenvalue weighted by atomic mass is 14.7. The summed E-state index contributed by atoms with van der Waals surface area (Å²) in [6.07, 6.45) is 2.79. The third kappa shape index (κ3) is 1.35. The summed E-state index contributed by atoms with van der Waals surface area (Å²) in [7, 11) is 0. The average Bonchev–Trinajstić information content (AvgIpc) is 2.16. The lowest BCUT2D eigenvalue weighted by molar-refractivity contribution is 1.15. The number of anilines is 1. The van der Waals surface area contributed by atoms with Crippen molar-refractivity contribution in [3.63, 3.8) is 0 Å². The van der Waals surface area contributed by atoms with Crippen LogP contribution in [0.4, 0.5) is 5.69 Å². The van der Waals surface area contributed by atoms with E-state index in [9.17, 15) is 0 Å². The van der Waals surface area contributed by atoms with Crippen LogP contribution in [-0.4, -0.2) is 4.98 Å². The normalized spacial score (nSPS) is 10.5. The topological polar surface area (TPSA) is 38.9 Å². The Labute approximate surface area is 77.4 Å². The minimum absolute atomic E-state index is 0.817. The van der Waals surface area contributed by atoms with Gasteiger partial charge < -0.3 is 5.73 Å². The maximum atomic E-state index is 5.77. The van der Waals surface area contributed by atoms with E-state index < -0.39 is 0 Å². The quantitative estimate of drug-likeness (QED) is 0.671. The lowest BCUT2D eigenvalue weighted by atomic mass is 10.1. The molecule has 0 saturated heterocycles. The van der Waals surface area contributed by atoms with Gasteiger partial charge >= 0.3 is 0 Å². The number of benzene rings is 1. The zero-order valence-electron chi connectivity index (χ0n) is 7.62. The molecule has 0 aliphatic rings. The molecule has 1 aromatic carbocycles. The minimum Gasteiger partial charge on any atom is -0.399 e. The van der Waals surface area contributed by atoms with Gasteiger partial charge in [0.05, 0.1) is 5.52 Å². The highest BCUT2D eigenvalue weighted by Gasteiger charge is 2.00. The average molecular weight is 172 g/mol. The summed E-state index contributed by atoms with van der Waals surface area (Å²) in [6.45, 7) is 2.11. The van der Waals surface area contributed by atoms with Crippen LogP contribution >= 0.6 is 0 Å². The van der Waals surface area contributed by atoms with Gasteiger partial charge in [-0.05, 0) is 30.2 Å². The molecule has 2 nitrogen and oxygen atoms in total. The van der Waals surface area contributed by atoms with Crippen molar-refractivity contribution < 1.29 is 0 Å². The summed E-state index contributed by atoms with van der Waals surface area (Å²) in [5, 5.41) is 1.12. The Kier molecular flexibility index (Phi) is 1.89. The summed E-state index contributed by atoms with van der Waals surface area (Å²) in [5.41, 5.74) is 8.88. The van der Waals surface area contributed by atoms with Gasteiger partial charge in [-0.15, -0.1) is 0 Å². The number of nitrogens with two attached hydrogens (primary N) is 1. The lowest BCUT2D eigenvalue weighted by Gasteiger charge is -2.04. The maximum Gasteiger partial charge on any atom is 0.0735 e. The maximum absolute atomic E-state index is 5.77. The molecular formula is C11H12N2. The standard InChI is InChI=1S/C11H12N2/c1-2-8-6-10(12)7-9-4-3-5-13-11(8)9/h3-7H,2,12H2,1H3. The highest BCUT2D eigenvalue weighted by Crippen LogP contribution is 2.20. The summed E-state index contributed by atoms with van der Waals surface area (Å²) in [4.78, 5) is 4.34. The molecule has 0 saturated carbocycles. The molecule has 0 bridgehead atoms.